The molecule has 0 aromatic carbocycles. The Morgan fingerprint density at radius 2 is 2.53 bits per heavy atom. The third-order valence-electron chi connectivity index (χ3n) is 2.48. The average molecular weight is 275 g/mol. The molecule has 1 atom stereocenters. The second-order valence-corrected chi connectivity index (χ2v) is 4.69. The van der Waals surface area contributed by atoms with Crippen LogP contribution in [-0.4, -0.2) is 47.5 Å². The number of aromatic nitrogens is 2. The Kier molecular flexibility index (Phi) is 3.28. The minimum Gasteiger partial charge on any atom is -0.381 e. The van der Waals surface area contributed by atoms with Crippen molar-refractivity contribution in [1.29, 1.82) is 0 Å². The Balaban J connectivity index is 1.96. The lowest BCUT2D eigenvalue weighted by Crippen LogP contribution is -2.42. The average Bonchev–Trinajstić information content (AvgIpc) is 2.45. The Labute approximate surface area is 97.3 Å². The molecule has 1 aliphatic heterocycles. The first-order valence-electron chi connectivity index (χ1n) is 4.93. The molecule has 0 amide bonds. The lowest BCUT2D eigenvalue weighted by Gasteiger charge is -2.29. The topological polar surface area (TPSA) is 56.3 Å². The number of hydrogen-bond acceptors (Lipinski definition) is 4. The highest BCUT2D eigenvalue weighted by Crippen LogP contribution is 2.17. The maximum absolute atomic E-state index is 5.64. The molecule has 0 spiro atoms. The Hall–Kier alpha value is -0.590. The van der Waals surface area contributed by atoms with Crippen molar-refractivity contribution in [3.63, 3.8) is 0 Å². The fourth-order valence-electron chi connectivity index (χ4n) is 1.69. The fraction of sp³-hybridized carbons (Fsp3) is 0.667. The molecule has 1 aromatic heterocycles. The van der Waals surface area contributed by atoms with Crippen LogP contribution < -0.4 is 5.73 Å². The Morgan fingerprint density at radius 3 is 3.13 bits per heavy atom. The molecular weight excluding hydrogens is 260 g/mol. The molecule has 1 fully saturated rings. The van der Waals surface area contributed by atoms with Crippen molar-refractivity contribution in [2.75, 3.05) is 32.5 Å². The zero-order valence-corrected chi connectivity index (χ0v) is 10.3. The first-order valence-corrected chi connectivity index (χ1v) is 5.73. The molecule has 0 radical (unpaired) electrons. The predicted molar refractivity (Wildman–Crippen MR) is 61.6 cm³/mol. The van der Waals surface area contributed by atoms with Crippen molar-refractivity contribution in [3.05, 3.63) is 10.7 Å². The van der Waals surface area contributed by atoms with Gasteiger partial charge in [0.1, 0.15) is 0 Å². The number of likely N-dealkylation sites (N-methyl/N-ethyl adjacent to an activating group) is 1. The van der Waals surface area contributed by atoms with E-state index in [0.29, 0.717) is 5.82 Å². The fourth-order valence-corrected chi connectivity index (χ4v) is 2.01. The SMILES string of the molecule is CN1CCOC(Cn2cc(Br)c(N)n2)C1. The maximum atomic E-state index is 5.64. The maximum Gasteiger partial charge on any atom is 0.159 e. The van der Waals surface area contributed by atoms with E-state index in [1.165, 1.54) is 0 Å². The van der Waals surface area contributed by atoms with Crippen LogP contribution >= 0.6 is 15.9 Å². The van der Waals surface area contributed by atoms with E-state index in [1.54, 1.807) is 0 Å². The van der Waals surface area contributed by atoms with E-state index in [9.17, 15) is 0 Å². The van der Waals surface area contributed by atoms with Gasteiger partial charge in [-0.1, -0.05) is 0 Å². The molecule has 1 saturated heterocycles. The summed E-state index contributed by atoms with van der Waals surface area (Å²) in [5, 5.41) is 4.18. The van der Waals surface area contributed by atoms with Gasteiger partial charge in [-0.3, -0.25) is 4.68 Å². The number of hydrogen-bond donors (Lipinski definition) is 1. The minimum absolute atomic E-state index is 0.204. The largest absolute Gasteiger partial charge is 0.381 e. The molecule has 6 heteroatoms. The molecule has 5 nitrogen and oxygen atoms in total. The minimum atomic E-state index is 0.204. The van der Waals surface area contributed by atoms with E-state index >= 15 is 0 Å². The molecule has 0 saturated carbocycles. The summed E-state index contributed by atoms with van der Waals surface area (Å²) in [6.07, 6.45) is 2.09. The highest BCUT2D eigenvalue weighted by molar-refractivity contribution is 9.10. The van der Waals surface area contributed by atoms with Gasteiger partial charge in [0.15, 0.2) is 5.82 Å². The quantitative estimate of drug-likeness (QED) is 0.856. The number of morpholine rings is 1. The monoisotopic (exact) mass is 274 g/mol. The summed E-state index contributed by atoms with van der Waals surface area (Å²) < 4.78 is 8.30. The smallest absolute Gasteiger partial charge is 0.159 e. The second-order valence-electron chi connectivity index (χ2n) is 3.84. The Bertz CT molecular complexity index is 321. The van der Waals surface area contributed by atoms with Gasteiger partial charge in [-0.05, 0) is 23.0 Å². The lowest BCUT2D eigenvalue weighted by atomic mass is 10.3. The first kappa shape index (κ1) is 10.9. The molecule has 1 unspecified atom stereocenters. The summed E-state index contributed by atoms with van der Waals surface area (Å²) in [5.74, 6) is 0.527. The second kappa shape index (κ2) is 4.51. The van der Waals surface area contributed by atoms with Crippen LogP contribution in [-0.2, 0) is 11.3 Å². The van der Waals surface area contributed by atoms with Crippen LogP contribution in [0.3, 0.4) is 0 Å². The number of rotatable bonds is 2. The highest BCUT2D eigenvalue weighted by atomic mass is 79.9. The van der Waals surface area contributed by atoms with E-state index in [-0.39, 0.29) is 6.10 Å². The van der Waals surface area contributed by atoms with Gasteiger partial charge >= 0.3 is 0 Å². The number of nitrogens with two attached hydrogens (primary N) is 1. The van der Waals surface area contributed by atoms with Gasteiger partial charge in [0.25, 0.3) is 0 Å². The molecule has 1 aliphatic rings. The molecule has 2 heterocycles. The molecule has 0 bridgehead atoms. The van der Waals surface area contributed by atoms with E-state index < -0.39 is 0 Å². The van der Waals surface area contributed by atoms with Gasteiger partial charge in [0.2, 0.25) is 0 Å². The van der Waals surface area contributed by atoms with Gasteiger partial charge < -0.3 is 15.4 Å². The van der Waals surface area contributed by atoms with Crippen LogP contribution in [0.1, 0.15) is 0 Å². The molecule has 0 aliphatic carbocycles. The van der Waals surface area contributed by atoms with Gasteiger partial charge in [0.05, 0.1) is 23.7 Å². The molecule has 1 aromatic rings. The van der Waals surface area contributed by atoms with Crippen LogP contribution in [0, 0.1) is 0 Å². The van der Waals surface area contributed by atoms with Crippen molar-refractivity contribution >= 4 is 21.7 Å². The predicted octanol–water partition coefficient (Wildman–Crippen LogP) is 0.558. The summed E-state index contributed by atoms with van der Waals surface area (Å²) in [6.45, 7) is 3.48. The molecule has 2 rings (SSSR count). The van der Waals surface area contributed by atoms with E-state index in [4.69, 9.17) is 10.5 Å². The van der Waals surface area contributed by atoms with Crippen molar-refractivity contribution in [1.82, 2.24) is 14.7 Å². The van der Waals surface area contributed by atoms with E-state index in [1.807, 2.05) is 10.9 Å². The van der Waals surface area contributed by atoms with Crippen molar-refractivity contribution in [2.24, 2.45) is 0 Å². The zero-order valence-electron chi connectivity index (χ0n) is 8.69. The van der Waals surface area contributed by atoms with Gasteiger partial charge in [-0.15, -0.1) is 0 Å². The lowest BCUT2D eigenvalue weighted by molar-refractivity contribution is -0.0290. The summed E-state index contributed by atoms with van der Waals surface area (Å²) >= 11 is 3.33. The van der Waals surface area contributed by atoms with Gasteiger partial charge in [-0.25, -0.2) is 0 Å². The zero-order chi connectivity index (χ0) is 10.8. The third-order valence-corrected chi connectivity index (χ3v) is 3.09. The third kappa shape index (κ3) is 2.70. The van der Waals surface area contributed by atoms with Crippen molar-refractivity contribution < 1.29 is 4.74 Å². The highest BCUT2D eigenvalue weighted by Gasteiger charge is 2.18. The standard InChI is InChI=1S/C9H15BrN4O/c1-13-2-3-15-7(4-13)5-14-6-8(10)9(11)12-14/h6-7H,2-5H2,1H3,(H2,11,12). The number of ether oxygens (including phenoxy) is 1. The Morgan fingerprint density at radius 1 is 1.73 bits per heavy atom. The summed E-state index contributed by atoms with van der Waals surface area (Å²) in [4.78, 5) is 2.26. The van der Waals surface area contributed by atoms with Crippen LogP contribution in [0.25, 0.3) is 0 Å². The van der Waals surface area contributed by atoms with E-state index in [2.05, 4.69) is 33.0 Å². The number of nitrogens with zero attached hydrogens (tertiary/aromatic N) is 3. The van der Waals surface area contributed by atoms with Crippen molar-refractivity contribution in [2.45, 2.75) is 12.6 Å². The van der Waals surface area contributed by atoms with Crippen LogP contribution in [0.5, 0.6) is 0 Å². The number of nitrogen functional groups attached to an aromatic ring is 1. The van der Waals surface area contributed by atoms with Crippen molar-refractivity contribution in [3.8, 4) is 0 Å². The van der Waals surface area contributed by atoms with E-state index in [0.717, 1.165) is 30.7 Å². The van der Waals surface area contributed by atoms with Gasteiger partial charge in [0, 0.05) is 19.3 Å². The van der Waals surface area contributed by atoms with Crippen LogP contribution in [0.15, 0.2) is 10.7 Å². The number of halogens is 1. The normalized spacial score (nSPS) is 23.2. The summed E-state index contributed by atoms with van der Waals surface area (Å²) in [5.41, 5.74) is 5.64. The molecule has 84 valence electrons. The first-order chi connectivity index (χ1) is 7.15. The molecule has 2 N–H and O–H groups in total. The van der Waals surface area contributed by atoms with Crippen LogP contribution in [0.4, 0.5) is 5.82 Å². The molecular formula is C9H15BrN4O. The summed E-state index contributed by atoms with van der Waals surface area (Å²) in [7, 11) is 2.10. The van der Waals surface area contributed by atoms with Crippen LogP contribution in [0.2, 0.25) is 0 Å². The van der Waals surface area contributed by atoms with Gasteiger partial charge in [-0.2, -0.15) is 5.10 Å². The summed E-state index contributed by atoms with van der Waals surface area (Å²) in [6, 6.07) is 0. The molecule has 15 heavy (non-hydrogen) atoms. The number of anilines is 1.